The fraction of sp³-hybridized carbons (Fsp3) is 0.364. The number of nitrogens with zero attached hydrogens (tertiary/aromatic N) is 4. The van der Waals surface area contributed by atoms with Gasteiger partial charge >= 0.3 is 0 Å². The van der Waals surface area contributed by atoms with E-state index in [0.29, 0.717) is 6.04 Å². The number of rotatable bonds is 3. The van der Waals surface area contributed by atoms with Gasteiger partial charge in [-0.25, -0.2) is 0 Å². The van der Waals surface area contributed by atoms with Gasteiger partial charge in [-0.3, -0.25) is 4.98 Å². The number of hydrogen-bond donors (Lipinski definition) is 0. The van der Waals surface area contributed by atoms with Gasteiger partial charge in [0.15, 0.2) is 0 Å². The molecule has 1 fully saturated rings. The molecule has 1 aliphatic carbocycles. The van der Waals surface area contributed by atoms with Crippen molar-refractivity contribution in [3.05, 3.63) is 42.2 Å². The third-order valence-electron chi connectivity index (χ3n) is 2.67. The molecule has 76 valence electrons. The standard InChI is InChI=1S/C11H12N4/c1-2-9(7-12-5-1)6-11-14-13-8-15(11)10-3-4-10/h1-2,5,7-8,10H,3-4,6H2. The number of aromatic nitrogens is 4. The first-order valence-electron chi connectivity index (χ1n) is 5.21. The van der Waals surface area contributed by atoms with E-state index < -0.39 is 0 Å². The van der Waals surface area contributed by atoms with E-state index in [1.807, 2.05) is 18.6 Å². The molecule has 2 aromatic heterocycles. The predicted molar refractivity (Wildman–Crippen MR) is 55.3 cm³/mol. The van der Waals surface area contributed by atoms with Crippen LogP contribution in [0.15, 0.2) is 30.9 Å². The number of pyridine rings is 1. The zero-order valence-electron chi connectivity index (χ0n) is 8.37. The quantitative estimate of drug-likeness (QED) is 0.755. The highest BCUT2D eigenvalue weighted by molar-refractivity contribution is 5.14. The summed E-state index contributed by atoms with van der Waals surface area (Å²) in [6.07, 6.45) is 8.85. The van der Waals surface area contributed by atoms with Crippen LogP contribution in [0.3, 0.4) is 0 Å². The first kappa shape index (κ1) is 8.59. The Hall–Kier alpha value is -1.71. The third-order valence-corrected chi connectivity index (χ3v) is 2.67. The topological polar surface area (TPSA) is 43.6 Å². The lowest BCUT2D eigenvalue weighted by atomic mass is 10.2. The fourth-order valence-electron chi connectivity index (χ4n) is 1.74. The van der Waals surface area contributed by atoms with Crippen LogP contribution in [0.2, 0.25) is 0 Å². The van der Waals surface area contributed by atoms with Crippen molar-refractivity contribution in [2.75, 3.05) is 0 Å². The second kappa shape index (κ2) is 3.46. The van der Waals surface area contributed by atoms with Crippen LogP contribution in [0.5, 0.6) is 0 Å². The molecule has 0 N–H and O–H groups in total. The molecule has 0 aliphatic heterocycles. The van der Waals surface area contributed by atoms with Gasteiger partial charge in [0.1, 0.15) is 12.2 Å². The smallest absolute Gasteiger partial charge is 0.137 e. The zero-order chi connectivity index (χ0) is 10.1. The molecule has 1 saturated carbocycles. The molecule has 2 aromatic rings. The Bertz CT molecular complexity index is 445. The summed E-state index contributed by atoms with van der Waals surface area (Å²) < 4.78 is 2.19. The second-order valence-electron chi connectivity index (χ2n) is 3.92. The SMILES string of the molecule is c1cncc(Cc2nncn2C2CC2)c1. The third kappa shape index (κ3) is 1.75. The minimum absolute atomic E-state index is 0.645. The average molecular weight is 200 g/mol. The van der Waals surface area contributed by atoms with Crippen molar-refractivity contribution in [2.45, 2.75) is 25.3 Å². The van der Waals surface area contributed by atoms with Crippen LogP contribution < -0.4 is 0 Å². The van der Waals surface area contributed by atoms with Crippen molar-refractivity contribution in [1.82, 2.24) is 19.7 Å². The molecule has 0 atom stereocenters. The number of hydrogen-bond acceptors (Lipinski definition) is 3. The van der Waals surface area contributed by atoms with Crippen molar-refractivity contribution in [2.24, 2.45) is 0 Å². The second-order valence-corrected chi connectivity index (χ2v) is 3.92. The van der Waals surface area contributed by atoms with E-state index in [0.717, 1.165) is 12.2 Å². The fourth-order valence-corrected chi connectivity index (χ4v) is 1.74. The highest BCUT2D eigenvalue weighted by Gasteiger charge is 2.25. The van der Waals surface area contributed by atoms with Crippen molar-refractivity contribution in [1.29, 1.82) is 0 Å². The van der Waals surface area contributed by atoms with Crippen LogP contribution in [0.25, 0.3) is 0 Å². The Labute approximate surface area is 88.0 Å². The largest absolute Gasteiger partial charge is 0.314 e. The van der Waals surface area contributed by atoms with Crippen molar-refractivity contribution >= 4 is 0 Å². The van der Waals surface area contributed by atoms with Crippen LogP contribution in [-0.4, -0.2) is 19.7 Å². The highest BCUT2D eigenvalue weighted by atomic mass is 15.3. The Morgan fingerprint density at radius 1 is 1.40 bits per heavy atom. The minimum Gasteiger partial charge on any atom is -0.314 e. The molecule has 4 nitrogen and oxygen atoms in total. The summed E-state index contributed by atoms with van der Waals surface area (Å²) in [7, 11) is 0. The Balaban J connectivity index is 1.84. The first-order valence-corrected chi connectivity index (χ1v) is 5.21. The Morgan fingerprint density at radius 3 is 3.07 bits per heavy atom. The lowest BCUT2D eigenvalue weighted by molar-refractivity contribution is 0.693. The molecule has 2 heterocycles. The highest BCUT2D eigenvalue weighted by Crippen LogP contribution is 2.35. The summed E-state index contributed by atoms with van der Waals surface area (Å²) in [6.45, 7) is 0. The van der Waals surface area contributed by atoms with Gasteiger partial charge < -0.3 is 4.57 Å². The van der Waals surface area contributed by atoms with E-state index in [1.54, 1.807) is 6.20 Å². The molecular formula is C11H12N4. The summed E-state index contributed by atoms with van der Waals surface area (Å²) in [5.74, 6) is 1.05. The van der Waals surface area contributed by atoms with Crippen LogP contribution >= 0.6 is 0 Å². The summed E-state index contributed by atoms with van der Waals surface area (Å²) in [6, 6.07) is 4.66. The molecule has 1 aliphatic rings. The van der Waals surface area contributed by atoms with Gasteiger partial charge in [-0.2, -0.15) is 0 Å². The minimum atomic E-state index is 0.645. The Morgan fingerprint density at radius 2 is 2.33 bits per heavy atom. The average Bonchev–Trinajstić information content (AvgIpc) is 3.02. The normalized spacial score (nSPS) is 15.5. The molecular weight excluding hydrogens is 188 g/mol. The molecule has 0 spiro atoms. The summed E-state index contributed by atoms with van der Waals surface area (Å²) in [5, 5.41) is 8.13. The van der Waals surface area contributed by atoms with E-state index in [4.69, 9.17) is 0 Å². The maximum absolute atomic E-state index is 4.16. The Kier molecular flexibility index (Phi) is 1.98. The van der Waals surface area contributed by atoms with Gasteiger partial charge in [-0.1, -0.05) is 6.07 Å². The van der Waals surface area contributed by atoms with Crippen LogP contribution in [0.1, 0.15) is 30.3 Å². The van der Waals surface area contributed by atoms with Crippen molar-refractivity contribution < 1.29 is 0 Å². The molecule has 4 heteroatoms. The van der Waals surface area contributed by atoms with E-state index in [1.165, 1.54) is 18.4 Å². The van der Waals surface area contributed by atoms with Crippen LogP contribution in [0.4, 0.5) is 0 Å². The van der Waals surface area contributed by atoms with Crippen LogP contribution in [-0.2, 0) is 6.42 Å². The van der Waals surface area contributed by atoms with Gasteiger partial charge in [0.25, 0.3) is 0 Å². The molecule has 3 rings (SSSR count). The van der Waals surface area contributed by atoms with Gasteiger partial charge in [0.05, 0.1) is 0 Å². The lowest BCUT2D eigenvalue weighted by Gasteiger charge is -2.03. The molecule has 0 unspecified atom stereocenters. The van der Waals surface area contributed by atoms with Crippen LogP contribution in [0, 0.1) is 0 Å². The summed E-state index contributed by atoms with van der Waals surface area (Å²) >= 11 is 0. The zero-order valence-corrected chi connectivity index (χ0v) is 8.37. The van der Waals surface area contributed by atoms with Crippen molar-refractivity contribution in [3.8, 4) is 0 Å². The van der Waals surface area contributed by atoms with E-state index in [2.05, 4.69) is 25.8 Å². The van der Waals surface area contributed by atoms with Gasteiger partial charge in [0, 0.05) is 24.9 Å². The monoisotopic (exact) mass is 200 g/mol. The molecule has 0 amide bonds. The molecule has 0 radical (unpaired) electrons. The molecule has 0 saturated heterocycles. The summed E-state index contributed by atoms with van der Waals surface area (Å²) in [5.41, 5.74) is 1.19. The maximum Gasteiger partial charge on any atom is 0.137 e. The molecule has 0 bridgehead atoms. The van der Waals surface area contributed by atoms with Gasteiger partial charge in [0.2, 0.25) is 0 Å². The molecule has 15 heavy (non-hydrogen) atoms. The maximum atomic E-state index is 4.16. The van der Waals surface area contributed by atoms with E-state index in [9.17, 15) is 0 Å². The van der Waals surface area contributed by atoms with E-state index in [-0.39, 0.29) is 0 Å². The first-order chi connectivity index (χ1) is 7.43. The van der Waals surface area contributed by atoms with Crippen molar-refractivity contribution in [3.63, 3.8) is 0 Å². The lowest BCUT2D eigenvalue weighted by Crippen LogP contribution is -2.01. The predicted octanol–water partition coefficient (Wildman–Crippen LogP) is 1.60. The van der Waals surface area contributed by atoms with Gasteiger partial charge in [-0.05, 0) is 24.5 Å². The molecule has 0 aromatic carbocycles. The van der Waals surface area contributed by atoms with E-state index >= 15 is 0 Å². The summed E-state index contributed by atoms with van der Waals surface area (Å²) in [4.78, 5) is 4.10. The van der Waals surface area contributed by atoms with Gasteiger partial charge in [-0.15, -0.1) is 10.2 Å².